The Hall–Kier alpha value is -4.14. The SMILES string of the molecule is C=CC[C@]1(C(=O)NNCCc2cccc(OC)c2)N=C(c2ccc(OCCCO)cc2)O[C@H]1c1ccccc1. The highest BCUT2D eigenvalue weighted by atomic mass is 16.5. The van der Waals surface area contributed by atoms with E-state index in [0.29, 0.717) is 37.6 Å². The number of carbonyl (C=O) groups excluding carboxylic acids is 1. The van der Waals surface area contributed by atoms with Gasteiger partial charge >= 0.3 is 0 Å². The van der Waals surface area contributed by atoms with E-state index in [1.807, 2.05) is 78.9 Å². The van der Waals surface area contributed by atoms with Gasteiger partial charge in [-0.3, -0.25) is 10.2 Å². The maximum Gasteiger partial charge on any atom is 0.266 e. The van der Waals surface area contributed by atoms with E-state index in [1.165, 1.54) is 0 Å². The Morgan fingerprint density at radius 2 is 1.90 bits per heavy atom. The van der Waals surface area contributed by atoms with Gasteiger partial charge in [0.25, 0.3) is 5.91 Å². The Bertz CT molecular complexity index is 1260. The minimum Gasteiger partial charge on any atom is -0.497 e. The maximum atomic E-state index is 13.8. The van der Waals surface area contributed by atoms with Crippen molar-refractivity contribution < 1.29 is 24.1 Å². The molecule has 1 heterocycles. The van der Waals surface area contributed by atoms with Gasteiger partial charge in [0.1, 0.15) is 11.5 Å². The largest absolute Gasteiger partial charge is 0.497 e. The summed E-state index contributed by atoms with van der Waals surface area (Å²) in [4.78, 5) is 18.6. The molecule has 0 saturated carbocycles. The van der Waals surface area contributed by atoms with Crippen molar-refractivity contribution >= 4 is 11.8 Å². The second-order valence-corrected chi connectivity index (χ2v) is 9.18. The number of nitrogens with one attached hydrogen (secondary N) is 2. The summed E-state index contributed by atoms with van der Waals surface area (Å²) in [5, 5.41) is 8.97. The lowest BCUT2D eigenvalue weighted by Gasteiger charge is -2.29. The third-order valence-electron chi connectivity index (χ3n) is 6.46. The molecular formula is C31H35N3O5. The van der Waals surface area contributed by atoms with Gasteiger partial charge in [0.15, 0.2) is 11.6 Å². The second kappa shape index (κ2) is 13.6. The Labute approximate surface area is 229 Å². The van der Waals surface area contributed by atoms with Crippen LogP contribution in [-0.2, 0) is 16.0 Å². The van der Waals surface area contributed by atoms with E-state index in [9.17, 15) is 4.79 Å². The Morgan fingerprint density at radius 3 is 2.62 bits per heavy atom. The molecule has 3 aromatic carbocycles. The van der Waals surface area contributed by atoms with Crippen molar-refractivity contribution in [3.8, 4) is 11.5 Å². The van der Waals surface area contributed by atoms with E-state index in [2.05, 4.69) is 17.4 Å². The van der Waals surface area contributed by atoms with Crippen LogP contribution >= 0.6 is 0 Å². The Balaban J connectivity index is 1.53. The van der Waals surface area contributed by atoms with Crippen LogP contribution in [0.5, 0.6) is 11.5 Å². The Morgan fingerprint density at radius 1 is 1.10 bits per heavy atom. The van der Waals surface area contributed by atoms with Crippen molar-refractivity contribution in [1.29, 1.82) is 0 Å². The first kappa shape index (κ1) is 27.9. The van der Waals surface area contributed by atoms with Gasteiger partial charge in [-0.15, -0.1) is 6.58 Å². The number of nitrogens with zero attached hydrogens (tertiary/aromatic N) is 1. The van der Waals surface area contributed by atoms with Crippen LogP contribution < -0.4 is 20.3 Å². The van der Waals surface area contributed by atoms with Crippen LogP contribution in [0.4, 0.5) is 0 Å². The molecule has 0 radical (unpaired) electrons. The summed E-state index contributed by atoms with van der Waals surface area (Å²) in [5.74, 6) is 1.54. The van der Waals surface area contributed by atoms with Gasteiger partial charge in [0, 0.05) is 31.6 Å². The molecule has 8 nitrogen and oxygen atoms in total. The number of aliphatic hydroxyl groups excluding tert-OH is 1. The standard InChI is InChI=1S/C31H35N3O5/c1-3-18-31(30(36)34-32-19-17-23-9-7-12-27(22-23)37-2)28(24-10-5-4-6-11-24)39-29(33-31)25-13-15-26(16-14-25)38-21-8-20-35/h3-7,9-16,22,28,32,35H,1,8,17-21H2,2H3,(H,34,36)/t28-,31-/m0/s1. The summed E-state index contributed by atoms with van der Waals surface area (Å²) in [5.41, 5.74) is 7.33. The quantitative estimate of drug-likeness (QED) is 0.165. The predicted octanol–water partition coefficient (Wildman–Crippen LogP) is 4.15. The highest BCUT2D eigenvalue weighted by Crippen LogP contribution is 2.42. The van der Waals surface area contributed by atoms with Gasteiger partial charge in [-0.05, 0) is 53.9 Å². The number of hydrogen-bond acceptors (Lipinski definition) is 7. The average Bonchev–Trinajstić information content (AvgIpc) is 3.37. The lowest BCUT2D eigenvalue weighted by molar-refractivity contribution is -0.129. The predicted molar refractivity (Wildman–Crippen MR) is 151 cm³/mol. The third kappa shape index (κ3) is 6.85. The summed E-state index contributed by atoms with van der Waals surface area (Å²) in [6.07, 6.45) is 2.59. The second-order valence-electron chi connectivity index (χ2n) is 9.18. The number of hydrogen-bond donors (Lipinski definition) is 3. The lowest BCUT2D eigenvalue weighted by atomic mass is 9.84. The molecule has 3 N–H and O–H groups in total. The van der Waals surface area contributed by atoms with Crippen molar-refractivity contribution in [2.24, 2.45) is 4.99 Å². The number of ether oxygens (including phenoxy) is 3. The zero-order valence-corrected chi connectivity index (χ0v) is 22.1. The van der Waals surface area contributed by atoms with Gasteiger partial charge in [-0.1, -0.05) is 48.5 Å². The first-order valence-corrected chi connectivity index (χ1v) is 13.0. The number of aliphatic imine (C=N–C) groups is 1. The van der Waals surface area contributed by atoms with E-state index < -0.39 is 11.6 Å². The van der Waals surface area contributed by atoms with Crippen LogP contribution in [-0.4, -0.2) is 49.3 Å². The molecule has 204 valence electrons. The van der Waals surface area contributed by atoms with Crippen molar-refractivity contribution in [1.82, 2.24) is 10.9 Å². The molecule has 0 aliphatic carbocycles. The highest BCUT2D eigenvalue weighted by molar-refractivity contribution is 6.01. The number of carbonyl (C=O) groups is 1. The molecule has 3 aromatic rings. The van der Waals surface area contributed by atoms with Crippen LogP contribution in [0.15, 0.2) is 96.5 Å². The highest BCUT2D eigenvalue weighted by Gasteiger charge is 2.52. The molecule has 39 heavy (non-hydrogen) atoms. The number of amides is 1. The fraction of sp³-hybridized carbons (Fsp3) is 0.290. The fourth-order valence-electron chi connectivity index (χ4n) is 4.45. The zero-order valence-electron chi connectivity index (χ0n) is 22.1. The normalized spacial score (nSPS) is 18.1. The molecule has 2 atom stereocenters. The summed E-state index contributed by atoms with van der Waals surface area (Å²) in [6, 6.07) is 24.8. The van der Waals surface area contributed by atoms with Crippen molar-refractivity contribution in [3.05, 3.63) is 108 Å². The molecule has 0 bridgehead atoms. The number of methoxy groups -OCH3 is 1. The summed E-state index contributed by atoms with van der Waals surface area (Å²) in [6.45, 7) is 4.93. The van der Waals surface area contributed by atoms with Gasteiger partial charge in [0.05, 0.1) is 13.7 Å². The third-order valence-corrected chi connectivity index (χ3v) is 6.46. The van der Waals surface area contributed by atoms with Crippen LogP contribution in [0.3, 0.4) is 0 Å². The molecule has 4 rings (SSSR count). The first-order chi connectivity index (χ1) is 19.1. The van der Waals surface area contributed by atoms with Crippen molar-refractivity contribution in [2.75, 3.05) is 26.9 Å². The van der Waals surface area contributed by atoms with Gasteiger partial charge in [-0.25, -0.2) is 10.4 Å². The minimum atomic E-state index is -1.25. The van der Waals surface area contributed by atoms with Gasteiger partial charge < -0.3 is 19.3 Å². The van der Waals surface area contributed by atoms with E-state index in [1.54, 1.807) is 13.2 Å². The van der Waals surface area contributed by atoms with Gasteiger partial charge in [-0.2, -0.15) is 0 Å². The minimum absolute atomic E-state index is 0.0763. The van der Waals surface area contributed by atoms with Crippen LogP contribution in [0.1, 0.15) is 35.6 Å². The molecule has 0 saturated heterocycles. The van der Waals surface area contributed by atoms with Crippen LogP contribution in [0.25, 0.3) is 0 Å². The summed E-state index contributed by atoms with van der Waals surface area (Å²) in [7, 11) is 1.64. The fourth-order valence-corrected chi connectivity index (χ4v) is 4.45. The molecule has 1 amide bonds. The topological polar surface area (TPSA) is 101 Å². The monoisotopic (exact) mass is 529 g/mol. The Kier molecular flexibility index (Phi) is 9.72. The van der Waals surface area contributed by atoms with E-state index in [4.69, 9.17) is 24.3 Å². The molecular weight excluding hydrogens is 494 g/mol. The number of aliphatic hydroxyl groups is 1. The molecule has 0 spiro atoms. The summed E-state index contributed by atoms with van der Waals surface area (Å²) < 4.78 is 17.3. The molecule has 0 unspecified atom stereocenters. The lowest BCUT2D eigenvalue weighted by Crippen LogP contribution is -2.52. The molecule has 1 aliphatic heterocycles. The smallest absolute Gasteiger partial charge is 0.266 e. The van der Waals surface area contributed by atoms with Crippen LogP contribution in [0, 0.1) is 0 Å². The first-order valence-electron chi connectivity index (χ1n) is 13.0. The van der Waals surface area contributed by atoms with E-state index >= 15 is 0 Å². The number of rotatable bonds is 14. The van der Waals surface area contributed by atoms with E-state index in [-0.39, 0.29) is 18.9 Å². The van der Waals surface area contributed by atoms with Crippen LogP contribution in [0.2, 0.25) is 0 Å². The maximum absolute atomic E-state index is 13.8. The molecule has 8 heteroatoms. The number of hydrazine groups is 1. The average molecular weight is 530 g/mol. The summed E-state index contributed by atoms with van der Waals surface area (Å²) >= 11 is 0. The number of benzene rings is 3. The zero-order chi connectivity index (χ0) is 27.5. The van der Waals surface area contributed by atoms with Crippen molar-refractivity contribution in [2.45, 2.75) is 30.9 Å². The van der Waals surface area contributed by atoms with Crippen molar-refractivity contribution in [3.63, 3.8) is 0 Å². The van der Waals surface area contributed by atoms with E-state index in [0.717, 1.165) is 22.4 Å². The molecule has 1 aliphatic rings. The van der Waals surface area contributed by atoms with Gasteiger partial charge in [0.2, 0.25) is 5.90 Å². The molecule has 0 aromatic heterocycles. The molecule has 0 fully saturated rings.